The lowest BCUT2D eigenvalue weighted by Crippen LogP contribution is -2.22. The van der Waals surface area contributed by atoms with Crippen molar-refractivity contribution in [2.75, 3.05) is 21.2 Å². The van der Waals surface area contributed by atoms with Crippen molar-refractivity contribution >= 4 is 11.9 Å². The molecule has 23 heavy (non-hydrogen) atoms. The topological polar surface area (TPSA) is 64.4 Å². The molecule has 0 aliphatic rings. The molecule has 1 heterocycles. The Labute approximate surface area is 135 Å². The molecule has 6 heteroatoms. The van der Waals surface area contributed by atoms with Gasteiger partial charge in [-0.15, -0.1) is 0 Å². The van der Waals surface area contributed by atoms with Crippen molar-refractivity contribution in [3.05, 3.63) is 40.7 Å². The number of benzene rings is 1. The largest absolute Gasteiger partial charge is 0.465 e. The number of hydrogen-bond acceptors (Lipinski definition) is 4. The van der Waals surface area contributed by atoms with Crippen molar-refractivity contribution in [2.24, 2.45) is 7.05 Å². The fourth-order valence-electron chi connectivity index (χ4n) is 2.59. The number of methoxy groups -OCH3 is 1. The summed E-state index contributed by atoms with van der Waals surface area (Å²) < 4.78 is 6.55. The van der Waals surface area contributed by atoms with Crippen LogP contribution in [-0.4, -0.2) is 47.8 Å². The fraction of sp³-hybridized carbons (Fsp3) is 0.353. The molecule has 1 aromatic heterocycles. The van der Waals surface area contributed by atoms with Crippen LogP contribution in [0.15, 0.2) is 18.2 Å². The lowest BCUT2D eigenvalue weighted by molar-refractivity contribution is 0.0600. The lowest BCUT2D eigenvalue weighted by Gasteiger charge is -2.15. The third kappa shape index (κ3) is 2.97. The number of nitrogens with zero attached hydrogens (tertiary/aromatic N) is 3. The predicted molar refractivity (Wildman–Crippen MR) is 87.5 cm³/mol. The second-order valence-electron chi connectivity index (χ2n) is 5.62. The van der Waals surface area contributed by atoms with E-state index in [1.165, 1.54) is 12.0 Å². The number of amides is 1. The molecule has 0 aliphatic carbocycles. The normalized spacial score (nSPS) is 10.5. The molecule has 0 spiro atoms. The van der Waals surface area contributed by atoms with Gasteiger partial charge in [-0.3, -0.25) is 9.48 Å². The first-order valence-corrected chi connectivity index (χ1v) is 7.22. The first-order chi connectivity index (χ1) is 10.8. The van der Waals surface area contributed by atoms with Crippen LogP contribution in [0, 0.1) is 13.8 Å². The van der Waals surface area contributed by atoms with Crippen LogP contribution in [0.3, 0.4) is 0 Å². The molecule has 1 aromatic carbocycles. The number of carbonyl (C=O) groups is 2. The van der Waals surface area contributed by atoms with Gasteiger partial charge in [0.15, 0.2) is 0 Å². The molecule has 0 N–H and O–H groups in total. The summed E-state index contributed by atoms with van der Waals surface area (Å²) in [6, 6.07) is 4.96. The van der Waals surface area contributed by atoms with Gasteiger partial charge >= 0.3 is 5.97 Å². The van der Waals surface area contributed by atoms with Gasteiger partial charge < -0.3 is 9.64 Å². The van der Waals surface area contributed by atoms with E-state index in [1.54, 1.807) is 37.0 Å². The van der Waals surface area contributed by atoms with Crippen LogP contribution >= 0.6 is 0 Å². The molecular weight excluding hydrogens is 294 g/mol. The molecule has 1 amide bonds. The van der Waals surface area contributed by atoms with E-state index in [1.807, 2.05) is 20.9 Å². The number of rotatable bonds is 3. The molecule has 2 rings (SSSR count). The van der Waals surface area contributed by atoms with E-state index >= 15 is 0 Å². The van der Waals surface area contributed by atoms with Gasteiger partial charge in [0.2, 0.25) is 0 Å². The average molecular weight is 315 g/mol. The van der Waals surface area contributed by atoms with Gasteiger partial charge in [-0.05, 0) is 37.6 Å². The number of hydrogen-bond donors (Lipinski definition) is 0. The van der Waals surface area contributed by atoms with E-state index in [2.05, 4.69) is 5.10 Å². The van der Waals surface area contributed by atoms with Crippen LogP contribution in [0.5, 0.6) is 0 Å². The second kappa shape index (κ2) is 6.24. The predicted octanol–water partition coefficient (Wildman–Crippen LogP) is 2.19. The zero-order chi connectivity index (χ0) is 17.3. The van der Waals surface area contributed by atoms with Gasteiger partial charge in [0.25, 0.3) is 5.91 Å². The Morgan fingerprint density at radius 2 is 1.87 bits per heavy atom. The summed E-state index contributed by atoms with van der Waals surface area (Å²) in [5, 5.41) is 4.40. The minimum atomic E-state index is -0.436. The first kappa shape index (κ1) is 16.7. The van der Waals surface area contributed by atoms with E-state index in [-0.39, 0.29) is 5.91 Å². The maximum atomic E-state index is 12.5. The fourth-order valence-corrected chi connectivity index (χ4v) is 2.59. The Bertz CT molecular complexity index is 776. The molecule has 2 aromatic rings. The summed E-state index contributed by atoms with van der Waals surface area (Å²) in [6.07, 6.45) is 0. The molecule has 0 aliphatic heterocycles. The molecule has 0 bridgehead atoms. The summed E-state index contributed by atoms with van der Waals surface area (Å²) >= 11 is 0. The summed E-state index contributed by atoms with van der Waals surface area (Å²) in [5.41, 5.74) is 4.22. The van der Waals surface area contributed by atoms with Gasteiger partial charge in [-0.2, -0.15) is 5.10 Å². The number of ether oxygens (including phenoxy) is 1. The highest BCUT2D eigenvalue weighted by Crippen LogP contribution is 2.31. The minimum absolute atomic E-state index is 0.126. The van der Waals surface area contributed by atoms with Crippen molar-refractivity contribution in [1.82, 2.24) is 14.7 Å². The summed E-state index contributed by atoms with van der Waals surface area (Å²) in [5.74, 6) is -0.562. The standard InChI is InChI=1S/C17H21N3O3/c1-10-15(11(2)20(5)18-10)14-9-12(17(22)23-6)7-8-13(14)16(21)19(3)4/h7-9H,1-6H3. The Balaban J connectivity index is 2.75. The zero-order valence-corrected chi connectivity index (χ0v) is 14.3. The summed E-state index contributed by atoms with van der Waals surface area (Å²) in [7, 11) is 6.58. The van der Waals surface area contributed by atoms with Gasteiger partial charge in [-0.25, -0.2) is 4.79 Å². The Morgan fingerprint density at radius 1 is 1.22 bits per heavy atom. The molecule has 0 saturated carbocycles. The third-order valence-corrected chi connectivity index (χ3v) is 3.86. The monoisotopic (exact) mass is 315 g/mol. The number of esters is 1. The van der Waals surface area contributed by atoms with Crippen molar-refractivity contribution in [2.45, 2.75) is 13.8 Å². The van der Waals surface area contributed by atoms with Crippen molar-refractivity contribution in [3.8, 4) is 11.1 Å². The summed E-state index contributed by atoms with van der Waals surface area (Å²) in [6.45, 7) is 3.82. The number of carbonyl (C=O) groups excluding carboxylic acids is 2. The van der Waals surface area contributed by atoms with Crippen LogP contribution < -0.4 is 0 Å². The Hall–Kier alpha value is -2.63. The Kier molecular flexibility index (Phi) is 4.54. The smallest absolute Gasteiger partial charge is 0.337 e. The molecule has 6 nitrogen and oxygen atoms in total. The van der Waals surface area contributed by atoms with Crippen LogP contribution in [0.4, 0.5) is 0 Å². The third-order valence-electron chi connectivity index (χ3n) is 3.86. The van der Waals surface area contributed by atoms with Gasteiger partial charge in [-0.1, -0.05) is 0 Å². The Morgan fingerprint density at radius 3 is 2.35 bits per heavy atom. The van der Waals surface area contributed by atoms with Crippen LogP contribution in [-0.2, 0) is 11.8 Å². The van der Waals surface area contributed by atoms with E-state index < -0.39 is 5.97 Å². The second-order valence-corrected chi connectivity index (χ2v) is 5.62. The van der Waals surface area contributed by atoms with E-state index in [0.717, 1.165) is 17.0 Å². The highest BCUT2D eigenvalue weighted by Gasteiger charge is 2.22. The molecule has 122 valence electrons. The van der Waals surface area contributed by atoms with E-state index in [4.69, 9.17) is 4.74 Å². The highest BCUT2D eigenvalue weighted by molar-refractivity contribution is 6.03. The number of aromatic nitrogens is 2. The quantitative estimate of drug-likeness (QED) is 0.815. The minimum Gasteiger partial charge on any atom is -0.465 e. The molecule has 0 saturated heterocycles. The van der Waals surface area contributed by atoms with Gasteiger partial charge in [0, 0.05) is 38.0 Å². The molecular formula is C17H21N3O3. The van der Waals surface area contributed by atoms with Crippen LogP contribution in [0.2, 0.25) is 0 Å². The van der Waals surface area contributed by atoms with Gasteiger partial charge in [0.1, 0.15) is 0 Å². The first-order valence-electron chi connectivity index (χ1n) is 7.22. The van der Waals surface area contributed by atoms with Crippen LogP contribution in [0.1, 0.15) is 32.1 Å². The zero-order valence-electron chi connectivity index (χ0n) is 14.3. The van der Waals surface area contributed by atoms with Gasteiger partial charge in [0.05, 0.1) is 18.4 Å². The van der Waals surface area contributed by atoms with Crippen LogP contribution in [0.25, 0.3) is 11.1 Å². The maximum Gasteiger partial charge on any atom is 0.337 e. The molecule has 0 atom stereocenters. The van der Waals surface area contributed by atoms with Crippen molar-refractivity contribution in [3.63, 3.8) is 0 Å². The van der Waals surface area contributed by atoms with E-state index in [0.29, 0.717) is 16.7 Å². The number of aryl methyl sites for hydroxylation is 2. The summed E-state index contributed by atoms with van der Waals surface area (Å²) in [4.78, 5) is 25.9. The van der Waals surface area contributed by atoms with Crippen molar-refractivity contribution < 1.29 is 14.3 Å². The molecule has 0 unspecified atom stereocenters. The maximum absolute atomic E-state index is 12.5. The molecule has 0 radical (unpaired) electrons. The SMILES string of the molecule is COC(=O)c1ccc(C(=O)N(C)C)c(-c2c(C)nn(C)c2C)c1. The highest BCUT2D eigenvalue weighted by atomic mass is 16.5. The average Bonchev–Trinajstić information content (AvgIpc) is 2.77. The lowest BCUT2D eigenvalue weighted by atomic mass is 9.95. The van der Waals surface area contributed by atoms with E-state index in [9.17, 15) is 9.59 Å². The molecule has 0 fully saturated rings. The van der Waals surface area contributed by atoms with Crippen molar-refractivity contribution in [1.29, 1.82) is 0 Å².